The van der Waals surface area contributed by atoms with Gasteiger partial charge in [0.1, 0.15) is 6.61 Å². The van der Waals surface area contributed by atoms with Gasteiger partial charge in [-0.05, 0) is 18.2 Å². The van der Waals surface area contributed by atoms with Gasteiger partial charge in [0, 0.05) is 5.69 Å². The summed E-state index contributed by atoms with van der Waals surface area (Å²) in [7, 11) is 0. The van der Waals surface area contributed by atoms with E-state index in [0.29, 0.717) is 0 Å². The topological polar surface area (TPSA) is 99.4 Å². The molecule has 0 heterocycles. The highest BCUT2D eigenvalue weighted by atomic mass is 16.5. The molecule has 0 aliphatic heterocycles. The lowest BCUT2D eigenvalue weighted by Gasteiger charge is -2.06. The fraction of sp³-hybridized carbons (Fsp3) is 0.0833. The van der Waals surface area contributed by atoms with E-state index < -0.39 is 12.1 Å². The van der Waals surface area contributed by atoms with Gasteiger partial charge in [0.2, 0.25) is 0 Å². The molecule has 0 aliphatic carbocycles. The Morgan fingerprint density at radius 1 is 1.50 bits per heavy atom. The molecule has 2 N–H and O–H groups in total. The molecule has 1 amide bonds. The van der Waals surface area contributed by atoms with Crippen molar-refractivity contribution in [3.05, 3.63) is 42.0 Å². The zero-order valence-electron chi connectivity index (χ0n) is 9.34. The lowest BCUT2D eigenvalue weighted by molar-refractivity contribution is 0.0696. The van der Waals surface area contributed by atoms with Crippen molar-refractivity contribution in [3.8, 4) is 6.07 Å². The molecule has 0 radical (unpaired) electrons. The number of benzene rings is 1. The van der Waals surface area contributed by atoms with E-state index in [9.17, 15) is 9.59 Å². The fourth-order valence-electron chi connectivity index (χ4n) is 1.18. The smallest absolute Gasteiger partial charge is 0.411 e. The van der Waals surface area contributed by atoms with Crippen LogP contribution in [0.15, 0.2) is 30.9 Å². The second-order valence-corrected chi connectivity index (χ2v) is 3.23. The first-order valence-electron chi connectivity index (χ1n) is 4.90. The highest BCUT2D eigenvalue weighted by molar-refractivity contribution is 5.92. The Hall–Kier alpha value is -2.81. The van der Waals surface area contributed by atoms with E-state index in [1.165, 1.54) is 24.3 Å². The van der Waals surface area contributed by atoms with Crippen molar-refractivity contribution in [3.63, 3.8) is 0 Å². The summed E-state index contributed by atoms with van der Waals surface area (Å²) in [5.74, 6) is -1.19. The third kappa shape index (κ3) is 3.64. The molecule has 0 bridgehead atoms. The lowest BCUT2D eigenvalue weighted by Crippen LogP contribution is -2.14. The summed E-state index contributed by atoms with van der Waals surface area (Å²) in [5.41, 5.74) is 0.225. The van der Waals surface area contributed by atoms with Crippen LogP contribution in [0.25, 0.3) is 0 Å². The largest absolute Gasteiger partial charge is 0.478 e. The first kappa shape index (κ1) is 13.3. The quantitative estimate of drug-likeness (QED) is 0.791. The van der Waals surface area contributed by atoms with E-state index in [0.717, 1.165) is 0 Å². The number of nitrogens with zero attached hydrogens (tertiary/aromatic N) is 1. The number of ether oxygens (including phenoxy) is 1. The van der Waals surface area contributed by atoms with Crippen molar-refractivity contribution in [2.45, 2.75) is 0 Å². The van der Waals surface area contributed by atoms with Crippen LogP contribution in [0.2, 0.25) is 0 Å². The Morgan fingerprint density at radius 2 is 2.22 bits per heavy atom. The number of hydrogen-bond acceptors (Lipinski definition) is 4. The summed E-state index contributed by atoms with van der Waals surface area (Å²) in [6.45, 7) is 3.42. The van der Waals surface area contributed by atoms with Crippen molar-refractivity contribution in [2.24, 2.45) is 0 Å². The number of carbonyl (C=O) groups is 2. The van der Waals surface area contributed by atoms with Gasteiger partial charge >= 0.3 is 12.1 Å². The van der Waals surface area contributed by atoms with Gasteiger partial charge in [0.05, 0.1) is 17.2 Å². The van der Waals surface area contributed by atoms with Crippen LogP contribution in [0.1, 0.15) is 15.9 Å². The Morgan fingerprint density at radius 3 is 2.78 bits per heavy atom. The summed E-state index contributed by atoms with van der Waals surface area (Å²) >= 11 is 0. The molecule has 0 unspecified atom stereocenters. The number of rotatable bonds is 4. The molecule has 18 heavy (non-hydrogen) atoms. The third-order valence-corrected chi connectivity index (χ3v) is 1.89. The van der Waals surface area contributed by atoms with Gasteiger partial charge < -0.3 is 9.84 Å². The average Bonchev–Trinajstić information content (AvgIpc) is 2.35. The summed E-state index contributed by atoms with van der Waals surface area (Å²) in [6.07, 6.45) is 0.648. The predicted octanol–water partition coefficient (Wildman–Crippen LogP) is 1.99. The molecule has 0 saturated carbocycles. The Labute approximate surface area is 103 Å². The van der Waals surface area contributed by atoms with Crippen LogP contribution in [0.5, 0.6) is 0 Å². The van der Waals surface area contributed by atoms with Gasteiger partial charge in [-0.15, -0.1) is 0 Å². The molecule has 92 valence electrons. The number of nitrogens with one attached hydrogen (secondary N) is 1. The first-order valence-corrected chi connectivity index (χ1v) is 4.90. The molecule has 0 atom stereocenters. The van der Waals surface area contributed by atoms with E-state index in [-0.39, 0.29) is 23.4 Å². The lowest BCUT2D eigenvalue weighted by atomic mass is 10.1. The number of nitriles is 1. The van der Waals surface area contributed by atoms with Crippen LogP contribution in [0, 0.1) is 11.3 Å². The second-order valence-electron chi connectivity index (χ2n) is 3.23. The number of carboxylic acids is 1. The number of amides is 1. The van der Waals surface area contributed by atoms with Gasteiger partial charge in [-0.25, -0.2) is 9.59 Å². The summed E-state index contributed by atoms with van der Waals surface area (Å²) in [5, 5.41) is 19.9. The number of aromatic carboxylic acids is 1. The normalized spacial score (nSPS) is 9.06. The minimum atomic E-state index is -1.19. The minimum Gasteiger partial charge on any atom is -0.478 e. The summed E-state index contributed by atoms with van der Waals surface area (Å²) in [4.78, 5) is 22.1. The van der Waals surface area contributed by atoms with E-state index in [4.69, 9.17) is 10.4 Å². The second kappa shape index (κ2) is 6.06. The molecule has 1 rings (SSSR count). The number of hydrogen-bond donors (Lipinski definition) is 2. The summed E-state index contributed by atoms with van der Waals surface area (Å²) < 4.78 is 4.67. The van der Waals surface area contributed by atoms with Crippen LogP contribution in [0.3, 0.4) is 0 Å². The highest BCUT2D eigenvalue weighted by Crippen LogP contribution is 2.15. The molecule has 0 saturated heterocycles. The molecule has 1 aromatic carbocycles. The zero-order valence-corrected chi connectivity index (χ0v) is 9.34. The predicted molar refractivity (Wildman–Crippen MR) is 63.3 cm³/mol. The molecule has 0 fully saturated rings. The molecule has 6 nitrogen and oxygen atoms in total. The highest BCUT2D eigenvalue weighted by Gasteiger charge is 2.09. The molecule has 0 aromatic heterocycles. The monoisotopic (exact) mass is 246 g/mol. The number of carboxylic acid groups (broad SMARTS) is 1. The molecular weight excluding hydrogens is 236 g/mol. The Balaban J connectivity index is 2.92. The van der Waals surface area contributed by atoms with Gasteiger partial charge in [0.15, 0.2) is 0 Å². The van der Waals surface area contributed by atoms with Crippen LogP contribution in [-0.2, 0) is 4.74 Å². The van der Waals surface area contributed by atoms with Gasteiger partial charge in [-0.3, -0.25) is 5.32 Å². The van der Waals surface area contributed by atoms with Crippen molar-refractivity contribution in [2.75, 3.05) is 11.9 Å². The summed E-state index contributed by atoms with van der Waals surface area (Å²) in [6, 6.07) is 5.60. The van der Waals surface area contributed by atoms with Crippen LogP contribution in [-0.4, -0.2) is 23.8 Å². The van der Waals surface area contributed by atoms with E-state index in [2.05, 4.69) is 16.6 Å². The molecular formula is C12H10N2O4. The number of anilines is 1. The van der Waals surface area contributed by atoms with Crippen LogP contribution >= 0.6 is 0 Å². The Kier molecular flexibility index (Phi) is 4.46. The van der Waals surface area contributed by atoms with Crippen molar-refractivity contribution >= 4 is 17.7 Å². The van der Waals surface area contributed by atoms with Gasteiger partial charge in [0.25, 0.3) is 0 Å². The van der Waals surface area contributed by atoms with Gasteiger partial charge in [-0.2, -0.15) is 5.26 Å². The van der Waals surface area contributed by atoms with E-state index in [1.807, 2.05) is 6.07 Å². The molecule has 0 spiro atoms. The fourth-order valence-corrected chi connectivity index (χ4v) is 1.18. The van der Waals surface area contributed by atoms with Crippen molar-refractivity contribution in [1.29, 1.82) is 5.26 Å². The molecule has 0 aliphatic rings. The maximum absolute atomic E-state index is 11.2. The van der Waals surface area contributed by atoms with Crippen molar-refractivity contribution < 1.29 is 19.4 Å². The first-order chi connectivity index (χ1) is 8.56. The zero-order chi connectivity index (χ0) is 13.5. The van der Waals surface area contributed by atoms with Crippen molar-refractivity contribution in [1.82, 2.24) is 0 Å². The van der Waals surface area contributed by atoms with E-state index >= 15 is 0 Å². The van der Waals surface area contributed by atoms with Crippen LogP contribution < -0.4 is 5.32 Å². The standard InChI is InChI=1S/C12H10N2O4/c1-2-3-18-12(17)14-10-5-8(7-13)4-9(6-10)11(15)16/h2,4-6H,1,3H2,(H,14,17)(H,15,16). The Bertz CT molecular complexity index is 531. The molecule has 1 aromatic rings. The SMILES string of the molecule is C=CCOC(=O)Nc1cc(C#N)cc(C(=O)O)c1. The average molecular weight is 246 g/mol. The van der Waals surface area contributed by atoms with E-state index in [1.54, 1.807) is 0 Å². The maximum Gasteiger partial charge on any atom is 0.411 e. The molecule has 6 heteroatoms. The van der Waals surface area contributed by atoms with Crippen LogP contribution in [0.4, 0.5) is 10.5 Å². The number of carbonyl (C=O) groups excluding carboxylic acids is 1. The van der Waals surface area contributed by atoms with Gasteiger partial charge in [-0.1, -0.05) is 12.7 Å². The minimum absolute atomic E-state index is 0.0373. The maximum atomic E-state index is 11.2. The third-order valence-electron chi connectivity index (χ3n) is 1.89.